The van der Waals surface area contributed by atoms with Crippen LogP contribution >= 0.6 is 7.52 Å². The minimum atomic E-state index is -3.34. The van der Waals surface area contributed by atoms with Crippen LogP contribution in [-0.2, 0) is 9.09 Å². The number of hydrogen-bond acceptors (Lipinski definition) is 3. The molecule has 0 fully saturated rings. The molecule has 0 saturated carbocycles. The van der Waals surface area contributed by atoms with Crippen LogP contribution in [0.25, 0.3) is 0 Å². The summed E-state index contributed by atoms with van der Waals surface area (Å²) >= 11 is 0. The minimum absolute atomic E-state index is 0.152. The first-order chi connectivity index (χ1) is 7.82. The second kappa shape index (κ2) is 7.16. The number of rotatable bonds is 7. The molecule has 17 heavy (non-hydrogen) atoms. The van der Waals surface area contributed by atoms with Gasteiger partial charge in [-0.15, -0.1) is 0 Å². The Bertz CT molecular complexity index is 298. The maximum atomic E-state index is 12.5. The highest BCUT2D eigenvalue weighted by molar-refractivity contribution is 7.61. The van der Waals surface area contributed by atoms with Gasteiger partial charge < -0.3 is 4.52 Å². The topological polar surface area (TPSA) is 53.3 Å². The zero-order chi connectivity index (χ0) is 13.6. The molecule has 5 heteroatoms. The largest absolute Gasteiger partial charge is 0.371 e. The summed E-state index contributed by atoms with van der Waals surface area (Å²) in [7, 11) is -3.34. The SMILES string of the molecule is CCN(CC)P(=O)(C#N)OC(C(C)C)C(C)C. The Morgan fingerprint density at radius 2 is 1.59 bits per heavy atom. The summed E-state index contributed by atoms with van der Waals surface area (Å²) in [5.74, 6) is 2.37. The minimum Gasteiger partial charge on any atom is -0.303 e. The molecule has 0 heterocycles. The number of nitrogens with zero attached hydrogens (tertiary/aromatic N) is 2. The molecule has 0 aromatic heterocycles. The molecule has 0 aromatic rings. The maximum Gasteiger partial charge on any atom is 0.371 e. The van der Waals surface area contributed by atoms with Crippen molar-refractivity contribution in [1.82, 2.24) is 4.67 Å². The quantitative estimate of drug-likeness (QED) is 0.655. The van der Waals surface area contributed by atoms with Gasteiger partial charge in [-0.3, -0.25) is 4.57 Å². The molecule has 100 valence electrons. The van der Waals surface area contributed by atoms with Gasteiger partial charge in [0.1, 0.15) is 0 Å². The summed E-state index contributed by atoms with van der Waals surface area (Å²) in [6.45, 7) is 13.0. The van der Waals surface area contributed by atoms with Crippen molar-refractivity contribution < 1.29 is 9.09 Å². The van der Waals surface area contributed by atoms with E-state index in [1.807, 2.05) is 47.4 Å². The molecule has 0 aliphatic heterocycles. The van der Waals surface area contributed by atoms with E-state index in [1.165, 1.54) is 0 Å². The first-order valence-electron chi connectivity index (χ1n) is 6.27. The third-order valence-electron chi connectivity index (χ3n) is 2.81. The van der Waals surface area contributed by atoms with Crippen LogP contribution < -0.4 is 0 Å². The van der Waals surface area contributed by atoms with Crippen molar-refractivity contribution in [2.24, 2.45) is 11.8 Å². The van der Waals surface area contributed by atoms with Gasteiger partial charge in [0.25, 0.3) is 0 Å². The van der Waals surface area contributed by atoms with Crippen molar-refractivity contribution in [3.63, 3.8) is 0 Å². The van der Waals surface area contributed by atoms with Crippen molar-refractivity contribution in [2.75, 3.05) is 13.1 Å². The van der Waals surface area contributed by atoms with Crippen LogP contribution in [0.5, 0.6) is 0 Å². The van der Waals surface area contributed by atoms with E-state index in [-0.39, 0.29) is 17.9 Å². The fraction of sp³-hybridized carbons (Fsp3) is 0.917. The van der Waals surface area contributed by atoms with E-state index in [1.54, 1.807) is 4.67 Å². The molecule has 0 amide bonds. The lowest BCUT2D eigenvalue weighted by Crippen LogP contribution is -2.29. The van der Waals surface area contributed by atoms with Gasteiger partial charge in [0.05, 0.1) is 6.10 Å². The zero-order valence-electron chi connectivity index (χ0n) is 11.8. The summed E-state index contributed by atoms with van der Waals surface area (Å²) in [5.41, 5.74) is 0. The zero-order valence-corrected chi connectivity index (χ0v) is 12.7. The summed E-state index contributed by atoms with van der Waals surface area (Å²) in [6.07, 6.45) is -0.152. The van der Waals surface area contributed by atoms with E-state index in [4.69, 9.17) is 9.79 Å². The average Bonchev–Trinajstić information content (AvgIpc) is 2.26. The lowest BCUT2D eigenvalue weighted by atomic mass is 9.97. The molecule has 1 atom stereocenters. The normalized spacial score (nSPS) is 15.6. The van der Waals surface area contributed by atoms with Gasteiger partial charge in [-0.25, -0.2) is 4.67 Å². The molecule has 0 saturated heterocycles. The first kappa shape index (κ1) is 16.6. The van der Waals surface area contributed by atoms with Gasteiger partial charge >= 0.3 is 7.52 Å². The van der Waals surface area contributed by atoms with Crippen molar-refractivity contribution in [3.05, 3.63) is 0 Å². The van der Waals surface area contributed by atoms with Crippen LogP contribution in [-0.4, -0.2) is 23.9 Å². The molecule has 0 spiro atoms. The molecule has 0 rings (SSSR count). The lowest BCUT2D eigenvalue weighted by Gasteiger charge is -2.31. The smallest absolute Gasteiger partial charge is 0.303 e. The highest BCUT2D eigenvalue weighted by Crippen LogP contribution is 2.51. The molecule has 4 nitrogen and oxygen atoms in total. The van der Waals surface area contributed by atoms with Gasteiger partial charge in [0.2, 0.25) is 0 Å². The van der Waals surface area contributed by atoms with Crippen LogP contribution in [0, 0.1) is 22.9 Å². The Morgan fingerprint density at radius 1 is 1.18 bits per heavy atom. The highest BCUT2D eigenvalue weighted by atomic mass is 31.2. The molecule has 0 aliphatic carbocycles. The summed E-state index contributed by atoms with van der Waals surface area (Å²) < 4.78 is 19.8. The van der Waals surface area contributed by atoms with Crippen molar-refractivity contribution in [3.8, 4) is 5.81 Å². The molecule has 0 aliphatic rings. The first-order valence-corrected chi connectivity index (χ1v) is 7.85. The molecule has 0 aromatic carbocycles. The molecule has 0 bridgehead atoms. The van der Waals surface area contributed by atoms with Crippen LogP contribution in [0.2, 0.25) is 0 Å². The van der Waals surface area contributed by atoms with E-state index >= 15 is 0 Å². The third kappa shape index (κ3) is 4.43. The predicted molar refractivity (Wildman–Crippen MR) is 70.7 cm³/mol. The lowest BCUT2D eigenvalue weighted by molar-refractivity contribution is 0.0982. The van der Waals surface area contributed by atoms with Crippen molar-refractivity contribution in [1.29, 1.82) is 5.26 Å². The Kier molecular flexibility index (Phi) is 7.01. The molecule has 0 radical (unpaired) electrons. The van der Waals surface area contributed by atoms with Crippen molar-refractivity contribution in [2.45, 2.75) is 47.6 Å². The van der Waals surface area contributed by atoms with Crippen LogP contribution in [0.1, 0.15) is 41.5 Å². The Balaban J connectivity index is 5.02. The van der Waals surface area contributed by atoms with Crippen LogP contribution in [0.3, 0.4) is 0 Å². The Labute approximate surface area is 105 Å². The second-order valence-electron chi connectivity index (χ2n) is 4.82. The van der Waals surface area contributed by atoms with E-state index in [9.17, 15) is 4.57 Å². The number of hydrogen-bond donors (Lipinski definition) is 0. The van der Waals surface area contributed by atoms with Gasteiger partial charge in [-0.1, -0.05) is 41.5 Å². The standard InChI is InChI=1S/C12H25N2O2P/c1-7-14(8-2)17(15,9-13)16-12(10(3)4)11(5)6/h10-12H,7-8H2,1-6H3. The van der Waals surface area contributed by atoms with Gasteiger partial charge in [0, 0.05) is 13.1 Å². The third-order valence-corrected chi connectivity index (χ3v) is 4.90. The monoisotopic (exact) mass is 260 g/mol. The average molecular weight is 260 g/mol. The van der Waals surface area contributed by atoms with E-state index in [0.29, 0.717) is 13.1 Å². The van der Waals surface area contributed by atoms with Crippen LogP contribution in [0.15, 0.2) is 0 Å². The fourth-order valence-electron chi connectivity index (χ4n) is 1.93. The molecular formula is C12H25N2O2P. The van der Waals surface area contributed by atoms with E-state index in [0.717, 1.165) is 0 Å². The number of nitriles is 1. The molecular weight excluding hydrogens is 235 g/mol. The van der Waals surface area contributed by atoms with Crippen molar-refractivity contribution >= 4 is 7.52 Å². The highest BCUT2D eigenvalue weighted by Gasteiger charge is 2.35. The van der Waals surface area contributed by atoms with E-state index in [2.05, 4.69) is 0 Å². The Hall–Kier alpha value is -0.360. The summed E-state index contributed by atoms with van der Waals surface area (Å²) in [6, 6.07) is 0. The molecule has 0 N–H and O–H groups in total. The molecule has 1 unspecified atom stereocenters. The maximum absolute atomic E-state index is 12.5. The van der Waals surface area contributed by atoms with Gasteiger partial charge in [-0.2, -0.15) is 5.26 Å². The summed E-state index contributed by atoms with van der Waals surface area (Å²) in [5, 5.41) is 9.15. The van der Waals surface area contributed by atoms with E-state index < -0.39 is 7.52 Å². The predicted octanol–water partition coefficient (Wildman–Crippen LogP) is 3.70. The Morgan fingerprint density at radius 3 is 1.82 bits per heavy atom. The summed E-state index contributed by atoms with van der Waals surface area (Å²) in [4.78, 5) is 0. The van der Waals surface area contributed by atoms with Gasteiger partial charge in [-0.05, 0) is 11.8 Å². The second-order valence-corrected chi connectivity index (χ2v) is 6.83. The van der Waals surface area contributed by atoms with Crippen LogP contribution in [0.4, 0.5) is 0 Å². The van der Waals surface area contributed by atoms with Gasteiger partial charge in [0.15, 0.2) is 5.81 Å². The fourth-order valence-corrected chi connectivity index (χ4v) is 3.80.